The third-order valence-electron chi connectivity index (χ3n) is 4.43. The van der Waals surface area contributed by atoms with Gasteiger partial charge in [-0.15, -0.1) is 0 Å². The highest BCUT2D eigenvalue weighted by Crippen LogP contribution is 2.35. The lowest BCUT2D eigenvalue weighted by atomic mass is 10.1. The number of likely N-dealkylation sites (N-methyl/N-ethyl adjacent to an activating group) is 1. The molecular formula is C23H27NO6. The zero-order chi connectivity index (χ0) is 22.1. The number of ether oxygens (including phenoxy) is 4. The molecule has 2 rings (SSSR count). The molecular weight excluding hydrogens is 386 g/mol. The van der Waals surface area contributed by atoms with Crippen LogP contribution in [0.4, 0.5) is 5.69 Å². The van der Waals surface area contributed by atoms with Crippen LogP contribution in [0, 0.1) is 0 Å². The molecule has 7 nitrogen and oxygen atoms in total. The summed E-state index contributed by atoms with van der Waals surface area (Å²) < 4.78 is 21.2. The summed E-state index contributed by atoms with van der Waals surface area (Å²) in [6.45, 7) is 3.88. The summed E-state index contributed by atoms with van der Waals surface area (Å²) in [5, 5.41) is 0. The Morgan fingerprint density at radius 2 is 1.57 bits per heavy atom. The molecule has 0 unspecified atom stereocenters. The quantitative estimate of drug-likeness (QED) is 0.461. The van der Waals surface area contributed by atoms with Gasteiger partial charge in [-0.1, -0.05) is 18.2 Å². The first kappa shape index (κ1) is 22.8. The third-order valence-corrected chi connectivity index (χ3v) is 4.43. The van der Waals surface area contributed by atoms with E-state index in [-0.39, 0.29) is 5.91 Å². The fraction of sp³-hybridized carbons (Fsp3) is 0.304. The summed E-state index contributed by atoms with van der Waals surface area (Å²) in [6.07, 6.45) is 1.84. The largest absolute Gasteiger partial charge is 0.496 e. The van der Waals surface area contributed by atoms with E-state index in [1.54, 1.807) is 24.0 Å². The number of carbonyl (C=O) groups excluding carboxylic acids is 2. The van der Waals surface area contributed by atoms with Crippen molar-refractivity contribution in [1.29, 1.82) is 0 Å². The molecule has 2 aromatic rings. The van der Waals surface area contributed by atoms with E-state index in [2.05, 4.69) is 0 Å². The number of benzene rings is 2. The summed E-state index contributed by atoms with van der Waals surface area (Å²) in [6, 6.07) is 12.6. The van der Waals surface area contributed by atoms with Crippen molar-refractivity contribution in [2.45, 2.75) is 20.0 Å². The van der Waals surface area contributed by atoms with Gasteiger partial charge in [0.25, 0.3) is 5.91 Å². The van der Waals surface area contributed by atoms with Crippen molar-refractivity contribution in [1.82, 2.24) is 0 Å². The van der Waals surface area contributed by atoms with Crippen LogP contribution in [0.2, 0.25) is 0 Å². The molecule has 160 valence electrons. The maximum absolute atomic E-state index is 12.7. The number of amides is 1. The van der Waals surface area contributed by atoms with Crippen LogP contribution in [-0.2, 0) is 14.3 Å². The van der Waals surface area contributed by atoms with Crippen LogP contribution in [0.15, 0.2) is 48.5 Å². The van der Waals surface area contributed by atoms with Crippen LogP contribution >= 0.6 is 0 Å². The number of carbonyl (C=O) groups is 2. The summed E-state index contributed by atoms with van der Waals surface area (Å²) in [7, 11) is 4.56. The topological polar surface area (TPSA) is 74.3 Å². The molecule has 1 amide bonds. The van der Waals surface area contributed by atoms with Gasteiger partial charge in [-0.2, -0.15) is 0 Å². The van der Waals surface area contributed by atoms with Gasteiger partial charge in [-0.05, 0) is 38.1 Å². The maximum Gasteiger partial charge on any atom is 0.331 e. The monoisotopic (exact) mass is 413 g/mol. The summed E-state index contributed by atoms with van der Waals surface area (Å²) >= 11 is 0. The van der Waals surface area contributed by atoms with Crippen molar-refractivity contribution in [2.75, 3.05) is 32.8 Å². The highest BCUT2D eigenvalue weighted by Gasteiger charge is 2.23. The van der Waals surface area contributed by atoms with E-state index in [1.807, 2.05) is 37.3 Å². The number of rotatable bonds is 9. The molecule has 0 heterocycles. The Morgan fingerprint density at radius 1 is 0.967 bits per heavy atom. The molecule has 0 saturated carbocycles. The van der Waals surface area contributed by atoms with E-state index < -0.39 is 12.1 Å². The minimum atomic E-state index is -0.936. The van der Waals surface area contributed by atoms with Gasteiger partial charge in [-0.3, -0.25) is 4.79 Å². The van der Waals surface area contributed by atoms with Crippen LogP contribution in [0.1, 0.15) is 19.4 Å². The third kappa shape index (κ3) is 5.53. The zero-order valence-corrected chi connectivity index (χ0v) is 17.9. The Balaban J connectivity index is 2.11. The number of para-hydroxylation sites is 1. The first-order chi connectivity index (χ1) is 14.4. The molecule has 0 bridgehead atoms. The predicted octanol–water partition coefficient (Wildman–Crippen LogP) is 3.71. The first-order valence-corrected chi connectivity index (χ1v) is 9.50. The molecule has 0 radical (unpaired) electrons. The molecule has 0 N–H and O–H groups in total. The van der Waals surface area contributed by atoms with E-state index in [0.717, 1.165) is 5.69 Å². The smallest absolute Gasteiger partial charge is 0.331 e. The van der Waals surface area contributed by atoms with Crippen LogP contribution < -0.4 is 19.1 Å². The number of hydrogen-bond donors (Lipinski definition) is 0. The van der Waals surface area contributed by atoms with Gasteiger partial charge in [0.15, 0.2) is 17.6 Å². The van der Waals surface area contributed by atoms with Crippen LogP contribution in [0.5, 0.6) is 17.2 Å². The average Bonchev–Trinajstić information content (AvgIpc) is 2.78. The average molecular weight is 413 g/mol. The minimum absolute atomic E-state index is 0.297. The highest BCUT2D eigenvalue weighted by atomic mass is 16.5. The van der Waals surface area contributed by atoms with Crippen molar-refractivity contribution in [3.8, 4) is 17.2 Å². The molecule has 30 heavy (non-hydrogen) atoms. The molecule has 7 heteroatoms. The number of anilines is 1. The fourth-order valence-corrected chi connectivity index (χ4v) is 2.90. The Hall–Kier alpha value is -3.48. The van der Waals surface area contributed by atoms with Gasteiger partial charge in [0, 0.05) is 29.9 Å². The van der Waals surface area contributed by atoms with Gasteiger partial charge in [-0.25, -0.2) is 4.79 Å². The number of esters is 1. The molecule has 0 fully saturated rings. The molecule has 1 atom stereocenters. The molecule has 0 aromatic heterocycles. The molecule has 0 spiro atoms. The summed E-state index contributed by atoms with van der Waals surface area (Å²) in [5.74, 6) is 0.568. The standard InChI is InChI=1S/C23H27NO6/c1-6-24(18-10-8-7-9-11-18)23(26)16(2)30-22(25)13-12-17-14-20(28-4)21(29-5)15-19(17)27-3/h7-16H,6H2,1-5H3/b13-12+/t16-/m0/s1. The van der Waals surface area contributed by atoms with Crippen molar-refractivity contribution < 1.29 is 28.5 Å². The van der Waals surface area contributed by atoms with Gasteiger partial charge in [0.1, 0.15) is 5.75 Å². The highest BCUT2D eigenvalue weighted by molar-refractivity contribution is 5.98. The van der Waals surface area contributed by atoms with Crippen molar-refractivity contribution >= 4 is 23.6 Å². The second-order valence-corrected chi connectivity index (χ2v) is 6.28. The van der Waals surface area contributed by atoms with E-state index in [0.29, 0.717) is 29.4 Å². The molecule has 0 aliphatic rings. The normalized spacial score (nSPS) is 11.6. The van der Waals surface area contributed by atoms with E-state index in [4.69, 9.17) is 18.9 Å². The van der Waals surface area contributed by atoms with Crippen molar-refractivity contribution in [3.63, 3.8) is 0 Å². The second kappa shape index (κ2) is 10.9. The summed E-state index contributed by atoms with van der Waals surface area (Å²) in [5.41, 5.74) is 1.35. The lowest BCUT2D eigenvalue weighted by Gasteiger charge is -2.24. The fourth-order valence-electron chi connectivity index (χ4n) is 2.90. The van der Waals surface area contributed by atoms with Gasteiger partial charge >= 0.3 is 5.97 Å². The Labute approximate surface area is 176 Å². The molecule has 0 saturated heterocycles. The Kier molecular flexibility index (Phi) is 8.29. The van der Waals surface area contributed by atoms with E-state index in [1.165, 1.54) is 33.5 Å². The lowest BCUT2D eigenvalue weighted by Crippen LogP contribution is -2.39. The lowest BCUT2D eigenvalue weighted by molar-refractivity contribution is -0.149. The second-order valence-electron chi connectivity index (χ2n) is 6.28. The number of methoxy groups -OCH3 is 3. The van der Waals surface area contributed by atoms with Gasteiger partial charge in [0.05, 0.1) is 21.3 Å². The van der Waals surface area contributed by atoms with Crippen LogP contribution in [0.25, 0.3) is 6.08 Å². The van der Waals surface area contributed by atoms with E-state index >= 15 is 0 Å². The van der Waals surface area contributed by atoms with Crippen molar-refractivity contribution in [2.24, 2.45) is 0 Å². The molecule has 0 aliphatic heterocycles. The van der Waals surface area contributed by atoms with Gasteiger partial charge in [0.2, 0.25) is 0 Å². The van der Waals surface area contributed by atoms with Crippen LogP contribution in [-0.4, -0.2) is 45.9 Å². The van der Waals surface area contributed by atoms with E-state index in [9.17, 15) is 9.59 Å². The SMILES string of the molecule is CCN(C(=O)[C@H](C)OC(=O)/C=C/c1cc(OC)c(OC)cc1OC)c1ccccc1. The molecule has 0 aliphatic carbocycles. The van der Waals surface area contributed by atoms with Gasteiger partial charge < -0.3 is 23.8 Å². The number of nitrogens with zero attached hydrogens (tertiary/aromatic N) is 1. The Bertz CT molecular complexity index is 894. The molecule has 2 aromatic carbocycles. The Morgan fingerprint density at radius 3 is 2.13 bits per heavy atom. The van der Waals surface area contributed by atoms with Crippen LogP contribution in [0.3, 0.4) is 0 Å². The summed E-state index contributed by atoms with van der Waals surface area (Å²) in [4.78, 5) is 26.6. The van der Waals surface area contributed by atoms with Crippen molar-refractivity contribution in [3.05, 3.63) is 54.1 Å². The minimum Gasteiger partial charge on any atom is -0.496 e. The predicted molar refractivity (Wildman–Crippen MR) is 115 cm³/mol. The zero-order valence-electron chi connectivity index (χ0n) is 17.9. The number of hydrogen-bond acceptors (Lipinski definition) is 6. The first-order valence-electron chi connectivity index (χ1n) is 9.50. The maximum atomic E-state index is 12.7.